The summed E-state index contributed by atoms with van der Waals surface area (Å²) in [5.41, 5.74) is 4.66. The molecule has 1 amide bonds. The molecule has 4 rings (SSSR count). The summed E-state index contributed by atoms with van der Waals surface area (Å²) in [6.45, 7) is 3.95. The molecule has 0 saturated carbocycles. The van der Waals surface area contributed by atoms with Gasteiger partial charge in [0.2, 0.25) is 0 Å². The van der Waals surface area contributed by atoms with E-state index in [1.165, 1.54) is 0 Å². The van der Waals surface area contributed by atoms with Crippen molar-refractivity contribution in [2.75, 3.05) is 14.1 Å². The molecule has 0 saturated heterocycles. The maximum absolute atomic E-state index is 12.8. The van der Waals surface area contributed by atoms with Gasteiger partial charge in [0.15, 0.2) is 5.82 Å². The molecule has 4 aromatic rings. The zero-order chi connectivity index (χ0) is 19.8. The third-order valence-electron chi connectivity index (χ3n) is 4.40. The van der Waals surface area contributed by atoms with E-state index in [2.05, 4.69) is 15.0 Å². The maximum Gasteiger partial charge on any atom is 0.254 e. The lowest BCUT2D eigenvalue weighted by atomic mass is 10.0. The van der Waals surface area contributed by atoms with E-state index < -0.39 is 0 Å². The number of hydrogen-bond donors (Lipinski definition) is 0. The topological polar surface area (TPSA) is 71.9 Å². The molecular formula is C21H19N5OS. The van der Waals surface area contributed by atoms with Crippen molar-refractivity contribution in [1.82, 2.24) is 24.8 Å². The van der Waals surface area contributed by atoms with Crippen molar-refractivity contribution in [2.24, 2.45) is 0 Å². The lowest BCUT2D eigenvalue weighted by molar-refractivity contribution is 0.0829. The molecule has 140 valence electrons. The van der Waals surface area contributed by atoms with Gasteiger partial charge in [-0.15, -0.1) is 11.3 Å². The summed E-state index contributed by atoms with van der Waals surface area (Å²) in [6.07, 6.45) is 3.45. The number of pyridine rings is 1. The summed E-state index contributed by atoms with van der Waals surface area (Å²) >= 11 is 1.56. The molecule has 0 aliphatic heterocycles. The lowest BCUT2D eigenvalue weighted by Crippen LogP contribution is -2.22. The number of benzene rings is 1. The molecule has 0 radical (unpaired) electrons. The minimum Gasteiger partial charge on any atom is -0.345 e. The summed E-state index contributed by atoms with van der Waals surface area (Å²) in [5, 5.41) is 3.76. The molecule has 0 atom stereocenters. The van der Waals surface area contributed by atoms with Crippen molar-refractivity contribution in [3.05, 3.63) is 58.2 Å². The molecule has 0 aliphatic rings. The van der Waals surface area contributed by atoms with Crippen molar-refractivity contribution in [3.63, 3.8) is 0 Å². The van der Waals surface area contributed by atoms with Crippen molar-refractivity contribution in [3.8, 4) is 22.8 Å². The van der Waals surface area contributed by atoms with Gasteiger partial charge in [-0.25, -0.2) is 19.9 Å². The molecule has 6 nitrogen and oxygen atoms in total. The summed E-state index contributed by atoms with van der Waals surface area (Å²) in [5.74, 6) is 0.517. The smallest absolute Gasteiger partial charge is 0.254 e. The second-order valence-corrected chi connectivity index (χ2v) is 7.88. The van der Waals surface area contributed by atoms with Gasteiger partial charge in [0, 0.05) is 42.8 Å². The molecule has 0 aliphatic carbocycles. The molecule has 0 unspecified atom stereocenters. The highest BCUT2D eigenvalue weighted by molar-refractivity contribution is 7.09. The van der Waals surface area contributed by atoms with Crippen LogP contribution in [0.15, 0.2) is 42.0 Å². The third kappa shape index (κ3) is 3.36. The van der Waals surface area contributed by atoms with Gasteiger partial charge in [-0.1, -0.05) is 11.6 Å². The van der Waals surface area contributed by atoms with Gasteiger partial charge >= 0.3 is 0 Å². The molecule has 28 heavy (non-hydrogen) atoms. The van der Waals surface area contributed by atoms with E-state index in [-0.39, 0.29) is 5.91 Å². The Hall–Kier alpha value is -3.19. The number of hydrogen-bond acceptors (Lipinski definition) is 6. The van der Waals surface area contributed by atoms with E-state index in [1.807, 2.05) is 43.5 Å². The van der Waals surface area contributed by atoms with Gasteiger partial charge in [-0.2, -0.15) is 0 Å². The van der Waals surface area contributed by atoms with Crippen LogP contribution in [0.1, 0.15) is 20.9 Å². The fourth-order valence-corrected chi connectivity index (χ4v) is 3.56. The van der Waals surface area contributed by atoms with Crippen LogP contribution in [0.25, 0.3) is 33.7 Å². The van der Waals surface area contributed by atoms with Crippen molar-refractivity contribution in [1.29, 1.82) is 0 Å². The van der Waals surface area contributed by atoms with Gasteiger partial charge < -0.3 is 4.90 Å². The number of amides is 1. The summed E-state index contributed by atoms with van der Waals surface area (Å²) in [4.78, 5) is 32.4. The summed E-state index contributed by atoms with van der Waals surface area (Å²) < 4.78 is 0. The van der Waals surface area contributed by atoms with Crippen LogP contribution >= 0.6 is 11.3 Å². The monoisotopic (exact) mass is 389 g/mol. The van der Waals surface area contributed by atoms with E-state index in [0.717, 1.165) is 32.7 Å². The first-order valence-electron chi connectivity index (χ1n) is 8.80. The van der Waals surface area contributed by atoms with E-state index >= 15 is 0 Å². The number of thiazole rings is 1. The van der Waals surface area contributed by atoms with Crippen LogP contribution < -0.4 is 0 Å². The minimum atomic E-state index is -0.0604. The Morgan fingerprint density at radius 1 is 1.00 bits per heavy atom. The fourth-order valence-electron chi connectivity index (χ4n) is 2.96. The molecule has 3 aromatic heterocycles. The van der Waals surface area contributed by atoms with Crippen LogP contribution in [0, 0.1) is 13.8 Å². The van der Waals surface area contributed by atoms with Crippen LogP contribution in [0.5, 0.6) is 0 Å². The Morgan fingerprint density at radius 3 is 2.39 bits per heavy atom. The van der Waals surface area contributed by atoms with E-state index in [9.17, 15) is 4.79 Å². The highest BCUT2D eigenvalue weighted by Crippen LogP contribution is 2.27. The van der Waals surface area contributed by atoms with Crippen LogP contribution in [-0.4, -0.2) is 44.8 Å². The van der Waals surface area contributed by atoms with Crippen LogP contribution in [-0.2, 0) is 0 Å². The van der Waals surface area contributed by atoms with Crippen LogP contribution in [0.2, 0.25) is 0 Å². The summed E-state index contributed by atoms with van der Waals surface area (Å²) in [7, 11) is 3.50. The number of carbonyl (C=O) groups excluding carboxylic acids is 1. The first-order chi connectivity index (χ1) is 13.4. The molecule has 3 heterocycles. The van der Waals surface area contributed by atoms with Gasteiger partial charge in [0.1, 0.15) is 5.69 Å². The van der Waals surface area contributed by atoms with Gasteiger partial charge in [0.25, 0.3) is 5.91 Å². The van der Waals surface area contributed by atoms with Gasteiger partial charge in [-0.3, -0.25) is 4.79 Å². The molecule has 0 N–H and O–H groups in total. The standard InChI is InChI=1S/C21H19N5OS/c1-12-5-6-17-15(7-12)16(21(27)26(3)4)8-18(25-17)14-9-22-20(23-10-14)19-11-28-13(2)24-19/h5-11H,1-4H3. The maximum atomic E-state index is 12.8. The average Bonchev–Trinajstić information content (AvgIpc) is 3.13. The van der Waals surface area contributed by atoms with E-state index in [0.29, 0.717) is 17.1 Å². The number of carbonyl (C=O) groups is 1. The Balaban J connectivity index is 1.82. The predicted molar refractivity (Wildman–Crippen MR) is 111 cm³/mol. The minimum absolute atomic E-state index is 0.0604. The van der Waals surface area contributed by atoms with Crippen LogP contribution in [0.4, 0.5) is 0 Å². The van der Waals surface area contributed by atoms with Crippen molar-refractivity contribution >= 4 is 28.1 Å². The molecular weight excluding hydrogens is 370 g/mol. The normalized spacial score (nSPS) is 11.0. The second-order valence-electron chi connectivity index (χ2n) is 6.82. The van der Waals surface area contributed by atoms with E-state index in [4.69, 9.17) is 4.98 Å². The SMILES string of the molecule is Cc1ccc2nc(-c3cnc(-c4csc(C)n4)nc3)cc(C(=O)N(C)C)c2c1. The molecule has 7 heteroatoms. The zero-order valence-electron chi connectivity index (χ0n) is 16.1. The molecule has 0 bridgehead atoms. The van der Waals surface area contributed by atoms with Gasteiger partial charge in [-0.05, 0) is 32.0 Å². The van der Waals surface area contributed by atoms with Crippen LogP contribution in [0.3, 0.4) is 0 Å². The van der Waals surface area contributed by atoms with Gasteiger partial charge in [0.05, 0.1) is 21.8 Å². The first kappa shape index (κ1) is 18.2. The number of rotatable bonds is 3. The number of nitrogens with zero attached hydrogens (tertiary/aromatic N) is 5. The first-order valence-corrected chi connectivity index (χ1v) is 9.68. The lowest BCUT2D eigenvalue weighted by Gasteiger charge is -2.14. The Bertz CT molecular complexity index is 1180. The summed E-state index contributed by atoms with van der Waals surface area (Å²) in [6, 6.07) is 7.74. The Morgan fingerprint density at radius 2 is 1.75 bits per heavy atom. The third-order valence-corrected chi connectivity index (χ3v) is 5.17. The highest BCUT2D eigenvalue weighted by Gasteiger charge is 2.16. The second kappa shape index (κ2) is 7.09. The Kier molecular flexibility index (Phi) is 4.60. The quantitative estimate of drug-likeness (QED) is 0.527. The molecule has 0 fully saturated rings. The molecule has 1 aromatic carbocycles. The van der Waals surface area contributed by atoms with E-state index in [1.54, 1.807) is 42.7 Å². The predicted octanol–water partition coefficient (Wildman–Crippen LogP) is 4.13. The number of aromatic nitrogens is 4. The van der Waals surface area contributed by atoms with Crippen molar-refractivity contribution in [2.45, 2.75) is 13.8 Å². The van der Waals surface area contributed by atoms with Crippen molar-refractivity contribution < 1.29 is 4.79 Å². The zero-order valence-corrected chi connectivity index (χ0v) is 16.9. The number of fused-ring (bicyclic) bond motifs is 1. The fraction of sp³-hybridized carbons (Fsp3) is 0.190. The number of aryl methyl sites for hydroxylation is 2. The largest absolute Gasteiger partial charge is 0.345 e. The Labute approximate surface area is 166 Å². The average molecular weight is 389 g/mol. The molecule has 0 spiro atoms. The highest BCUT2D eigenvalue weighted by atomic mass is 32.1.